The van der Waals surface area contributed by atoms with Crippen LogP contribution in [-0.4, -0.2) is 24.7 Å². The van der Waals surface area contributed by atoms with Crippen LogP contribution in [-0.2, 0) is 9.53 Å². The van der Waals surface area contributed by atoms with E-state index < -0.39 is 17.7 Å². The minimum atomic E-state index is -0.837. The number of phenols is 1. The molecule has 3 N–H and O–H groups in total. The van der Waals surface area contributed by atoms with Crippen LogP contribution in [0.25, 0.3) is 0 Å². The Morgan fingerprint density at radius 2 is 2.33 bits per heavy atom. The number of rotatable bonds is 3. The fourth-order valence-electron chi connectivity index (χ4n) is 1.29. The van der Waals surface area contributed by atoms with E-state index in [1.165, 1.54) is 19.2 Å². The number of halogens is 1. The quantitative estimate of drug-likeness (QED) is 0.726. The molecule has 4 nitrogen and oxygen atoms in total. The molecule has 0 aliphatic heterocycles. The predicted octanol–water partition coefficient (Wildman–Crippen LogP) is 0.747. The zero-order valence-corrected chi connectivity index (χ0v) is 8.24. The maximum absolute atomic E-state index is 13.4. The lowest BCUT2D eigenvalue weighted by molar-refractivity contribution is -0.142. The first kappa shape index (κ1) is 11.5. The summed E-state index contributed by atoms with van der Waals surface area (Å²) in [5.74, 6) is -2.30. The molecule has 1 aromatic rings. The SMILES string of the molecule is COC(=O)C(CN)c1ccc(O)cc1F. The highest BCUT2D eigenvalue weighted by molar-refractivity contribution is 5.78. The zero-order valence-electron chi connectivity index (χ0n) is 8.24. The van der Waals surface area contributed by atoms with Gasteiger partial charge in [0.2, 0.25) is 0 Å². The van der Waals surface area contributed by atoms with Crippen molar-refractivity contribution in [1.82, 2.24) is 0 Å². The van der Waals surface area contributed by atoms with Gasteiger partial charge in [-0.1, -0.05) is 6.07 Å². The molecule has 15 heavy (non-hydrogen) atoms. The van der Waals surface area contributed by atoms with Crippen LogP contribution in [0.2, 0.25) is 0 Å². The summed E-state index contributed by atoms with van der Waals surface area (Å²) in [6.07, 6.45) is 0. The number of benzene rings is 1. The third-order valence-electron chi connectivity index (χ3n) is 2.08. The minimum Gasteiger partial charge on any atom is -0.508 e. The second kappa shape index (κ2) is 4.75. The molecule has 82 valence electrons. The number of nitrogens with two attached hydrogens (primary N) is 1. The fourth-order valence-corrected chi connectivity index (χ4v) is 1.29. The van der Waals surface area contributed by atoms with E-state index in [0.717, 1.165) is 6.07 Å². The fraction of sp³-hybridized carbons (Fsp3) is 0.300. The number of aromatic hydroxyl groups is 1. The van der Waals surface area contributed by atoms with E-state index >= 15 is 0 Å². The molecule has 1 rings (SSSR count). The minimum absolute atomic E-state index is 0.0473. The van der Waals surface area contributed by atoms with Gasteiger partial charge in [-0.3, -0.25) is 4.79 Å². The van der Waals surface area contributed by atoms with Crippen LogP contribution in [0, 0.1) is 5.82 Å². The van der Waals surface area contributed by atoms with Gasteiger partial charge in [0, 0.05) is 18.2 Å². The molecule has 0 radical (unpaired) electrons. The smallest absolute Gasteiger partial charge is 0.314 e. The van der Waals surface area contributed by atoms with Crippen molar-refractivity contribution in [3.8, 4) is 5.75 Å². The van der Waals surface area contributed by atoms with Crippen molar-refractivity contribution in [3.05, 3.63) is 29.6 Å². The van der Waals surface area contributed by atoms with E-state index in [2.05, 4.69) is 4.74 Å². The zero-order chi connectivity index (χ0) is 11.4. The lowest BCUT2D eigenvalue weighted by atomic mass is 9.99. The van der Waals surface area contributed by atoms with Crippen LogP contribution in [0.4, 0.5) is 4.39 Å². The summed E-state index contributed by atoms with van der Waals surface area (Å²) >= 11 is 0. The molecule has 0 aliphatic carbocycles. The summed E-state index contributed by atoms with van der Waals surface area (Å²) in [4.78, 5) is 11.2. The summed E-state index contributed by atoms with van der Waals surface area (Å²) in [6.45, 7) is -0.0473. The summed E-state index contributed by atoms with van der Waals surface area (Å²) in [5.41, 5.74) is 5.49. The summed E-state index contributed by atoms with van der Waals surface area (Å²) in [7, 11) is 1.21. The molecule has 0 aliphatic rings. The largest absolute Gasteiger partial charge is 0.508 e. The van der Waals surface area contributed by atoms with Gasteiger partial charge >= 0.3 is 5.97 Å². The lowest BCUT2D eigenvalue weighted by Crippen LogP contribution is -2.23. The van der Waals surface area contributed by atoms with E-state index in [4.69, 9.17) is 10.8 Å². The van der Waals surface area contributed by atoms with Crippen molar-refractivity contribution in [2.24, 2.45) is 5.73 Å². The molecular formula is C10H12FNO3. The molecule has 0 aromatic heterocycles. The number of phenolic OH excluding ortho intramolecular Hbond substituents is 1. The van der Waals surface area contributed by atoms with Gasteiger partial charge in [0.25, 0.3) is 0 Å². The van der Waals surface area contributed by atoms with Crippen LogP contribution >= 0.6 is 0 Å². The van der Waals surface area contributed by atoms with Crippen LogP contribution in [0.1, 0.15) is 11.5 Å². The first-order chi connectivity index (χ1) is 7.10. The second-order valence-electron chi connectivity index (χ2n) is 3.02. The molecule has 0 heterocycles. The van der Waals surface area contributed by atoms with E-state index in [-0.39, 0.29) is 17.9 Å². The van der Waals surface area contributed by atoms with Gasteiger partial charge in [-0.25, -0.2) is 4.39 Å². The van der Waals surface area contributed by atoms with Crippen LogP contribution in [0.15, 0.2) is 18.2 Å². The van der Waals surface area contributed by atoms with Crippen molar-refractivity contribution in [3.63, 3.8) is 0 Å². The molecular weight excluding hydrogens is 201 g/mol. The number of hydrogen-bond acceptors (Lipinski definition) is 4. The molecule has 0 spiro atoms. The van der Waals surface area contributed by atoms with Crippen molar-refractivity contribution in [2.75, 3.05) is 13.7 Å². The number of carbonyl (C=O) groups is 1. The van der Waals surface area contributed by atoms with Gasteiger partial charge in [0.05, 0.1) is 13.0 Å². The Bertz CT molecular complexity index is 368. The number of ether oxygens (including phenoxy) is 1. The Labute approximate surface area is 86.5 Å². The van der Waals surface area contributed by atoms with E-state index in [9.17, 15) is 9.18 Å². The number of methoxy groups -OCH3 is 1. The van der Waals surface area contributed by atoms with Gasteiger partial charge in [0.1, 0.15) is 11.6 Å². The summed E-state index contributed by atoms with van der Waals surface area (Å²) in [6, 6.07) is 3.55. The average molecular weight is 213 g/mol. The van der Waals surface area contributed by atoms with E-state index in [0.29, 0.717) is 0 Å². The molecule has 0 saturated carbocycles. The van der Waals surface area contributed by atoms with Crippen molar-refractivity contribution in [2.45, 2.75) is 5.92 Å². The highest BCUT2D eigenvalue weighted by atomic mass is 19.1. The third kappa shape index (κ3) is 2.44. The van der Waals surface area contributed by atoms with E-state index in [1.54, 1.807) is 0 Å². The Morgan fingerprint density at radius 3 is 2.80 bits per heavy atom. The molecule has 1 aromatic carbocycles. The molecule has 0 fully saturated rings. The van der Waals surface area contributed by atoms with E-state index in [1.807, 2.05) is 0 Å². The lowest BCUT2D eigenvalue weighted by Gasteiger charge is -2.13. The number of esters is 1. The predicted molar refractivity (Wildman–Crippen MR) is 51.9 cm³/mol. The molecule has 0 saturated heterocycles. The van der Waals surface area contributed by atoms with Gasteiger partial charge in [-0.15, -0.1) is 0 Å². The van der Waals surface area contributed by atoms with Gasteiger partial charge in [0.15, 0.2) is 0 Å². The van der Waals surface area contributed by atoms with Crippen molar-refractivity contribution in [1.29, 1.82) is 0 Å². The van der Waals surface area contributed by atoms with Crippen LogP contribution < -0.4 is 5.73 Å². The standard InChI is InChI=1S/C10H12FNO3/c1-15-10(14)8(5-12)7-3-2-6(13)4-9(7)11/h2-4,8,13H,5,12H2,1H3. The van der Waals surface area contributed by atoms with Gasteiger partial charge < -0.3 is 15.6 Å². The van der Waals surface area contributed by atoms with Gasteiger partial charge in [-0.05, 0) is 6.07 Å². The average Bonchev–Trinajstić information content (AvgIpc) is 2.21. The maximum atomic E-state index is 13.4. The van der Waals surface area contributed by atoms with Crippen molar-refractivity contribution < 1.29 is 19.0 Å². The first-order valence-electron chi connectivity index (χ1n) is 4.36. The van der Waals surface area contributed by atoms with Gasteiger partial charge in [-0.2, -0.15) is 0 Å². The summed E-state index contributed by atoms with van der Waals surface area (Å²) in [5, 5.41) is 9.00. The molecule has 0 amide bonds. The topological polar surface area (TPSA) is 72.5 Å². The Kier molecular flexibility index (Phi) is 3.62. The van der Waals surface area contributed by atoms with Crippen LogP contribution in [0.3, 0.4) is 0 Å². The summed E-state index contributed by atoms with van der Waals surface area (Å²) < 4.78 is 17.9. The number of carbonyl (C=O) groups excluding carboxylic acids is 1. The molecule has 5 heteroatoms. The number of hydrogen-bond donors (Lipinski definition) is 2. The van der Waals surface area contributed by atoms with Crippen molar-refractivity contribution >= 4 is 5.97 Å². The Balaban J connectivity index is 3.07. The maximum Gasteiger partial charge on any atom is 0.314 e. The third-order valence-corrected chi connectivity index (χ3v) is 2.08. The molecule has 1 unspecified atom stereocenters. The normalized spacial score (nSPS) is 12.2. The monoisotopic (exact) mass is 213 g/mol. The Hall–Kier alpha value is -1.62. The second-order valence-corrected chi connectivity index (χ2v) is 3.02. The molecule has 1 atom stereocenters. The first-order valence-corrected chi connectivity index (χ1v) is 4.36. The Morgan fingerprint density at radius 1 is 1.67 bits per heavy atom. The highest BCUT2D eigenvalue weighted by Crippen LogP contribution is 2.23. The molecule has 0 bridgehead atoms. The van der Waals surface area contributed by atoms with Crippen LogP contribution in [0.5, 0.6) is 5.75 Å². The highest BCUT2D eigenvalue weighted by Gasteiger charge is 2.22.